The van der Waals surface area contributed by atoms with Gasteiger partial charge in [-0.3, -0.25) is 4.79 Å². The van der Waals surface area contributed by atoms with Crippen LogP contribution < -0.4 is 0 Å². The molecule has 1 aliphatic heterocycles. The van der Waals surface area contributed by atoms with Gasteiger partial charge in [0.05, 0.1) is 11.7 Å². The average Bonchev–Trinajstić information content (AvgIpc) is 2.76. The fourth-order valence-electron chi connectivity index (χ4n) is 1.85. The Morgan fingerprint density at radius 2 is 2.21 bits per heavy atom. The molecule has 2 rings (SSSR count). The molecule has 0 spiro atoms. The summed E-state index contributed by atoms with van der Waals surface area (Å²) in [7, 11) is 0. The molecular formula is C13H14O5S. The molecule has 0 radical (unpaired) electrons. The normalized spacial score (nSPS) is 16.7. The van der Waals surface area contributed by atoms with Crippen molar-refractivity contribution in [2.75, 3.05) is 5.75 Å². The number of esters is 1. The lowest BCUT2D eigenvalue weighted by molar-refractivity contribution is -0.109. The van der Waals surface area contributed by atoms with Crippen molar-refractivity contribution in [3.05, 3.63) is 34.9 Å². The van der Waals surface area contributed by atoms with Crippen LogP contribution in [0.25, 0.3) is 0 Å². The highest BCUT2D eigenvalue weighted by molar-refractivity contribution is 8.13. The van der Waals surface area contributed by atoms with Gasteiger partial charge in [-0.25, -0.2) is 4.79 Å². The molecule has 0 aromatic heterocycles. The number of fused-ring (bicyclic) bond motifs is 1. The topological polar surface area (TPSA) is 83.8 Å². The molecule has 19 heavy (non-hydrogen) atoms. The van der Waals surface area contributed by atoms with Crippen LogP contribution in [-0.2, 0) is 16.1 Å². The molecule has 1 heterocycles. The molecule has 0 amide bonds. The summed E-state index contributed by atoms with van der Waals surface area (Å²) in [6, 6.07) is 4.80. The van der Waals surface area contributed by atoms with Crippen molar-refractivity contribution in [3.8, 4) is 0 Å². The van der Waals surface area contributed by atoms with E-state index in [2.05, 4.69) is 0 Å². The number of hydrogen-bond donors (Lipinski definition) is 2. The van der Waals surface area contributed by atoms with Gasteiger partial charge in [0, 0.05) is 18.2 Å². The van der Waals surface area contributed by atoms with Gasteiger partial charge in [0.2, 0.25) is 0 Å². The molecule has 0 fully saturated rings. The van der Waals surface area contributed by atoms with Crippen molar-refractivity contribution in [2.24, 2.45) is 0 Å². The quantitative estimate of drug-likeness (QED) is 0.803. The molecule has 2 N–H and O–H groups in total. The predicted octanol–water partition coefficient (Wildman–Crippen LogP) is 1.03. The fraction of sp³-hybridized carbons (Fsp3) is 0.385. The molecule has 1 aliphatic rings. The average molecular weight is 282 g/mol. The lowest BCUT2D eigenvalue weighted by atomic mass is 10.00. The second kappa shape index (κ2) is 5.73. The highest BCUT2D eigenvalue weighted by Crippen LogP contribution is 2.26. The van der Waals surface area contributed by atoms with E-state index in [1.165, 1.54) is 6.92 Å². The van der Waals surface area contributed by atoms with Crippen LogP contribution in [0.2, 0.25) is 0 Å². The molecule has 0 saturated carbocycles. The van der Waals surface area contributed by atoms with Gasteiger partial charge in [0.25, 0.3) is 0 Å². The maximum absolute atomic E-state index is 11.3. The first-order chi connectivity index (χ1) is 8.99. The first-order valence-electron chi connectivity index (χ1n) is 5.78. The Labute approximate surface area is 114 Å². The molecule has 2 unspecified atom stereocenters. The summed E-state index contributed by atoms with van der Waals surface area (Å²) in [6.07, 6.45) is -2.13. The largest absolute Gasteiger partial charge is 0.457 e. The van der Waals surface area contributed by atoms with E-state index in [1.54, 1.807) is 18.2 Å². The van der Waals surface area contributed by atoms with E-state index < -0.39 is 12.2 Å². The third-order valence-electron chi connectivity index (χ3n) is 2.87. The zero-order valence-electron chi connectivity index (χ0n) is 10.3. The van der Waals surface area contributed by atoms with Crippen molar-refractivity contribution in [2.45, 2.75) is 25.7 Å². The Kier molecular flexibility index (Phi) is 4.24. The van der Waals surface area contributed by atoms with Crippen molar-refractivity contribution in [1.82, 2.24) is 0 Å². The number of benzene rings is 1. The molecule has 5 nitrogen and oxygen atoms in total. The number of hydrogen-bond acceptors (Lipinski definition) is 6. The van der Waals surface area contributed by atoms with Crippen molar-refractivity contribution < 1.29 is 24.5 Å². The molecule has 0 bridgehead atoms. The highest BCUT2D eigenvalue weighted by Gasteiger charge is 2.24. The van der Waals surface area contributed by atoms with E-state index in [9.17, 15) is 19.8 Å². The van der Waals surface area contributed by atoms with E-state index in [0.29, 0.717) is 16.7 Å². The number of ether oxygens (including phenoxy) is 1. The molecule has 0 aliphatic carbocycles. The number of rotatable bonds is 4. The summed E-state index contributed by atoms with van der Waals surface area (Å²) < 4.78 is 4.87. The van der Waals surface area contributed by atoms with E-state index in [-0.39, 0.29) is 23.4 Å². The Morgan fingerprint density at radius 3 is 2.89 bits per heavy atom. The Balaban J connectivity index is 2.09. The summed E-state index contributed by atoms with van der Waals surface area (Å²) in [6.45, 7) is 1.59. The number of carbonyl (C=O) groups excluding carboxylic acids is 2. The first kappa shape index (κ1) is 14.0. The maximum atomic E-state index is 11.3. The van der Waals surface area contributed by atoms with Gasteiger partial charge in [-0.05, 0) is 17.7 Å². The molecule has 1 aromatic carbocycles. The number of cyclic esters (lactones) is 1. The lowest BCUT2D eigenvalue weighted by Crippen LogP contribution is -2.21. The summed E-state index contributed by atoms with van der Waals surface area (Å²) >= 11 is 0.960. The number of aliphatic hydroxyl groups is 2. The lowest BCUT2D eigenvalue weighted by Gasteiger charge is -2.17. The summed E-state index contributed by atoms with van der Waals surface area (Å²) in [5.74, 6) is -0.244. The smallest absolute Gasteiger partial charge is 0.338 e. The van der Waals surface area contributed by atoms with Crippen molar-refractivity contribution in [1.29, 1.82) is 0 Å². The Bertz CT molecular complexity index is 514. The van der Waals surface area contributed by atoms with Crippen LogP contribution in [0.1, 0.15) is 34.5 Å². The number of carbonyl (C=O) groups is 2. The van der Waals surface area contributed by atoms with Crippen LogP contribution in [0, 0.1) is 0 Å². The van der Waals surface area contributed by atoms with Crippen LogP contribution in [0.4, 0.5) is 0 Å². The maximum Gasteiger partial charge on any atom is 0.338 e. The van der Waals surface area contributed by atoms with Gasteiger partial charge in [0.15, 0.2) is 5.12 Å². The molecule has 0 saturated heterocycles. The second-order valence-electron chi connectivity index (χ2n) is 4.31. The molecule has 6 heteroatoms. The standard InChI is InChI=1S/C13H14O5S/c1-7(14)19-6-11(15)12(16)8-2-3-10-9(4-8)5-18-13(10)17/h2-4,11-12,15-16H,5-6H2,1H3. The monoisotopic (exact) mass is 282 g/mol. The van der Waals surface area contributed by atoms with E-state index in [0.717, 1.165) is 11.8 Å². The second-order valence-corrected chi connectivity index (χ2v) is 5.50. The van der Waals surface area contributed by atoms with Gasteiger partial charge in [-0.2, -0.15) is 0 Å². The Morgan fingerprint density at radius 1 is 1.47 bits per heavy atom. The zero-order chi connectivity index (χ0) is 14.0. The molecule has 2 atom stereocenters. The van der Waals surface area contributed by atoms with Crippen LogP contribution in [0.15, 0.2) is 18.2 Å². The predicted molar refractivity (Wildman–Crippen MR) is 69.7 cm³/mol. The minimum absolute atomic E-state index is 0.112. The van der Waals surface area contributed by atoms with Crippen LogP contribution in [0.3, 0.4) is 0 Å². The zero-order valence-corrected chi connectivity index (χ0v) is 11.1. The summed E-state index contributed by atoms with van der Waals surface area (Å²) in [5, 5.41) is 19.7. The SMILES string of the molecule is CC(=O)SCC(O)C(O)c1ccc2c(c1)COC2=O. The third-order valence-corrected chi connectivity index (χ3v) is 3.79. The minimum atomic E-state index is -1.09. The number of thioether (sulfide) groups is 1. The van der Waals surface area contributed by atoms with Gasteiger partial charge >= 0.3 is 5.97 Å². The molecular weight excluding hydrogens is 268 g/mol. The van der Waals surface area contributed by atoms with E-state index in [1.807, 2.05) is 0 Å². The van der Waals surface area contributed by atoms with E-state index in [4.69, 9.17) is 4.74 Å². The van der Waals surface area contributed by atoms with Crippen LogP contribution >= 0.6 is 11.8 Å². The van der Waals surface area contributed by atoms with Crippen LogP contribution in [0.5, 0.6) is 0 Å². The van der Waals surface area contributed by atoms with Crippen LogP contribution in [-0.4, -0.2) is 33.2 Å². The molecule has 1 aromatic rings. The first-order valence-corrected chi connectivity index (χ1v) is 6.77. The van der Waals surface area contributed by atoms with Crippen molar-refractivity contribution >= 4 is 22.8 Å². The summed E-state index contributed by atoms with van der Waals surface area (Å²) in [4.78, 5) is 22.1. The molecule has 102 valence electrons. The Hall–Kier alpha value is -1.37. The van der Waals surface area contributed by atoms with E-state index >= 15 is 0 Å². The fourth-order valence-corrected chi connectivity index (χ4v) is 2.44. The number of aliphatic hydroxyl groups excluding tert-OH is 2. The van der Waals surface area contributed by atoms with Gasteiger partial charge in [-0.1, -0.05) is 17.8 Å². The van der Waals surface area contributed by atoms with Gasteiger partial charge in [-0.15, -0.1) is 0 Å². The highest BCUT2D eigenvalue weighted by atomic mass is 32.2. The third kappa shape index (κ3) is 3.15. The summed E-state index contributed by atoms with van der Waals surface area (Å²) in [5.41, 5.74) is 1.70. The van der Waals surface area contributed by atoms with Gasteiger partial charge < -0.3 is 14.9 Å². The van der Waals surface area contributed by atoms with Gasteiger partial charge in [0.1, 0.15) is 12.7 Å². The minimum Gasteiger partial charge on any atom is -0.457 e. The van der Waals surface area contributed by atoms with Crippen molar-refractivity contribution in [3.63, 3.8) is 0 Å².